The van der Waals surface area contributed by atoms with Gasteiger partial charge in [0.15, 0.2) is 5.01 Å². The molecule has 3 nitrogen and oxygen atoms in total. The molecule has 1 atom stereocenters. The minimum atomic E-state index is -0.0668. The average Bonchev–Trinajstić information content (AvgIpc) is 2.99. The van der Waals surface area contributed by atoms with Crippen molar-refractivity contribution in [1.29, 1.82) is 0 Å². The molecule has 1 aliphatic carbocycles. The van der Waals surface area contributed by atoms with Gasteiger partial charge in [-0.3, -0.25) is 4.79 Å². The van der Waals surface area contributed by atoms with E-state index in [-0.39, 0.29) is 11.9 Å². The molecule has 0 unspecified atom stereocenters. The Hall–Kier alpha value is -2.20. The SMILES string of the molecule is O=C(N[C@@H]1CCCc2ccccc21)c1nc2ccccc2s1. The fourth-order valence-electron chi connectivity index (χ4n) is 3.09. The molecule has 22 heavy (non-hydrogen) atoms. The Morgan fingerprint density at radius 3 is 2.86 bits per heavy atom. The lowest BCUT2D eigenvalue weighted by Gasteiger charge is -2.25. The Morgan fingerprint density at radius 1 is 1.14 bits per heavy atom. The van der Waals surface area contributed by atoms with E-state index in [1.54, 1.807) is 0 Å². The number of benzene rings is 2. The maximum atomic E-state index is 12.5. The Morgan fingerprint density at radius 2 is 1.95 bits per heavy atom. The number of nitrogens with one attached hydrogen (secondary N) is 1. The molecule has 0 spiro atoms. The summed E-state index contributed by atoms with van der Waals surface area (Å²) in [4.78, 5) is 17.0. The maximum Gasteiger partial charge on any atom is 0.280 e. The maximum absolute atomic E-state index is 12.5. The number of fused-ring (bicyclic) bond motifs is 2. The molecule has 1 aromatic heterocycles. The highest BCUT2D eigenvalue weighted by Gasteiger charge is 2.23. The van der Waals surface area contributed by atoms with Crippen molar-refractivity contribution in [2.75, 3.05) is 0 Å². The number of para-hydroxylation sites is 1. The van der Waals surface area contributed by atoms with E-state index in [1.165, 1.54) is 22.5 Å². The van der Waals surface area contributed by atoms with Crippen LogP contribution in [0.2, 0.25) is 0 Å². The van der Waals surface area contributed by atoms with Gasteiger partial charge in [-0.25, -0.2) is 4.98 Å². The molecule has 1 aliphatic rings. The molecule has 2 aromatic carbocycles. The Bertz CT molecular complexity index is 807. The third kappa shape index (κ3) is 2.40. The summed E-state index contributed by atoms with van der Waals surface area (Å²) >= 11 is 1.45. The van der Waals surface area contributed by atoms with Crippen molar-refractivity contribution in [2.45, 2.75) is 25.3 Å². The molecular formula is C18H16N2OS. The molecule has 3 aromatic rings. The summed E-state index contributed by atoms with van der Waals surface area (Å²) in [5, 5.41) is 3.71. The van der Waals surface area contributed by atoms with Crippen LogP contribution in [-0.4, -0.2) is 10.9 Å². The van der Waals surface area contributed by atoms with Gasteiger partial charge in [-0.15, -0.1) is 11.3 Å². The zero-order valence-electron chi connectivity index (χ0n) is 12.1. The molecule has 0 radical (unpaired) electrons. The van der Waals surface area contributed by atoms with Crippen LogP contribution < -0.4 is 5.32 Å². The summed E-state index contributed by atoms with van der Waals surface area (Å²) in [6.45, 7) is 0. The highest BCUT2D eigenvalue weighted by Crippen LogP contribution is 2.30. The summed E-state index contributed by atoms with van der Waals surface area (Å²) < 4.78 is 1.05. The van der Waals surface area contributed by atoms with E-state index in [4.69, 9.17) is 0 Å². The number of carbonyl (C=O) groups excluding carboxylic acids is 1. The summed E-state index contributed by atoms with van der Waals surface area (Å²) in [6.07, 6.45) is 3.21. The molecular weight excluding hydrogens is 292 g/mol. The Balaban J connectivity index is 1.60. The van der Waals surface area contributed by atoms with Crippen LogP contribution >= 0.6 is 11.3 Å². The zero-order valence-corrected chi connectivity index (χ0v) is 12.9. The second-order valence-electron chi connectivity index (χ2n) is 5.60. The first-order valence-electron chi connectivity index (χ1n) is 7.55. The van der Waals surface area contributed by atoms with Crippen molar-refractivity contribution in [3.05, 3.63) is 64.7 Å². The number of carbonyl (C=O) groups is 1. The van der Waals surface area contributed by atoms with Crippen molar-refractivity contribution >= 4 is 27.5 Å². The molecule has 0 fully saturated rings. The Labute approximate surface area is 133 Å². The summed E-state index contributed by atoms with van der Waals surface area (Å²) in [7, 11) is 0. The van der Waals surface area contributed by atoms with Crippen molar-refractivity contribution < 1.29 is 4.79 Å². The van der Waals surface area contributed by atoms with E-state index >= 15 is 0 Å². The molecule has 0 saturated carbocycles. The minimum absolute atomic E-state index is 0.0668. The zero-order chi connectivity index (χ0) is 14.9. The second-order valence-corrected chi connectivity index (χ2v) is 6.63. The third-order valence-electron chi connectivity index (χ3n) is 4.16. The summed E-state index contributed by atoms with van der Waals surface area (Å²) in [6, 6.07) is 16.4. The number of rotatable bonds is 2. The first-order chi connectivity index (χ1) is 10.8. The van der Waals surface area contributed by atoms with Crippen molar-refractivity contribution in [3.8, 4) is 0 Å². The fraction of sp³-hybridized carbons (Fsp3) is 0.222. The van der Waals surface area contributed by atoms with E-state index in [2.05, 4.69) is 28.5 Å². The predicted octanol–water partition coefficient (Wildman–Crippen LogP) is 4.10. The quantitative estimate of drug-likeness (QED) is 0.774. The topological polar surface area (TPSA) is 42.0 Å². The van der Waals surface area contributed by atoms with Crippen LogP contribution in [0.4, 0.5) is 0 Å². The van der Waals surface area contributed by atoms with E-state index in [0.29, 0.717) is 5.01 Å². The van der Waals surface area contributed by atoms with Gasteiger partial charge in [0.05, 0.1) is 16.3 Å². The van der Waals surface area contributed by atoms with Gasteiger partial charge in [-0.1, -0.05) is 36.4 Å². The highest BCUT2D eigenvalue weighted by atomic mass is 32.1. The predicted molar refractivity (Wildman–Crippen MR) is 89.2 cm³/mol. The van der Waals surface area contributed by atoms with Gasteiger partial charge >= 0.3 is 0 Å². The molecule has 1 heterocycles. The van der Waals surface area contributed by atoms with Crippen molar-refractivity contribution in [2.24, 2.45) is 0 Å². The lowest BCUT2D eigenvalue weighted by atomic mass is 9.88. The highest BCUT2D eigenvalue weighted by molar-refractivity contribution is 7.20. The smallest absolute Gasteiger partial charge is 0.280 e. The second kappa shape index (κ2) is 5.54. The van der Waals surface area contributed by atoms with E-state index in [9.17, 15) is 4.79 Å². The van der Waals surface area contributed by atoms with Gasteiger partial charge in [-0.05, 0) is 42.5 Å². The largest absolute Gasteiger partial charge is 0.343 e. The lowest BCUT2D eigenvalue weighted by Crippen LogP contribution is -2.30. The van der Waals surface area contributed by atoms with Gasteiger partial charge in [-0.2, -0.15) is 0 Å². The molecule has 0 aliphatic heterocycles. The van der Waals surface area contributed by atoms with Crippen LogP contribution in [0.1, 0.15) is 39.8 Å². The molecule has 1 amide bonds. The third-order valence-corrected chi connectivity index (χ3v) is 5.20. The number of aromatic nitrogens is 1. The molecule has 110 valence electrons. The van der Waals surface area contributed by atoms with Crippen molar-refractivity contribution in [1.82, 2.24) is 10.3 Å². The van der Waals surface area contributed by atoms with E-state index in [1.807, 2.05) is 30.3 Å². The average molecular weight is 308 g/mol. The van der Waals surface area contributed by atoms with Gasteiger partial charge < -0.3 is 5.32 Å². The molecule has 1 N–H and O–H groups in total. The molecule has 0 bridgehead atoms. The van der Waals surface area contributed by atoms with Crippen LogP contribution in [0.25, 0.3) is 10.2 Å². The summed E-state index contributed by atoms with van der Waals surface area (Å²) in [5.74, 6) is -0.0668. The number of hydrogen-bond acceptors (Lipinski definition) is 3. The van der Waals surface area contributed by atoms with Gasteiger partial charge in [0, 0.05) is 0 Å². The van der Waals surface area contributed by atoms with Gasteiger partial charge in [0.25, 0.3) is 5.91 Å². The standard InChI is InChI=1S/C18H16N2OS/c21-17(18-20-15-9-3-4-11-16(15)22-18)19-14-10-5-7-12-6-1-2-8-13(12)14/h1-4,6,8-9,11,14H,5,7,10H2,(H,19,21)/t14-/m1/s1. The first kappa shape index (κ1) is 13.5. The first-order valence-corrected chi connectivity index (χ1v) is 8.37. The number of thiazole rings is 1. The number of hydrogen-bond donors (Lipinski definition) is 1. The molecule has 4 rings (SSSR count). The molecule has 0 saturated heterocycles. The van der Waals surface area contributed by atoms with Gasteiger partial charge in [0.2, 0.25) is 0 Å². The Kier molecular flexibility index (Phi) is 3.39. The monoisotopic (exact) mass is 308 g/mol. The van der Waals surface area contributed by atoms with Crippen molar-refractivity contribution in [3.63, 3.8) is 0 Å². The van der Waals surface area contributed by atoms with Crippen LogP contribution in [0.5, 0.6) is 0 Å². The molecule has 4 heteroatoms. The van der Waals surface area contributed by atoms with E-state index < -0.39 is 0 Å². The minimum Gasteiger partial charge on any atom is -0.343 e. The van der Waals surface area contributed by atoms with Crippen LogP contribution in [0, 0.1) is 0 Å². The number of nitrogens with zero attached hydrogens (tertiary/aromatic N) is 1. The van der Waals surface area contributed by atoms with Crippen LogP contribution in [0.3, 0.4) is 0 Å². The lowest BCUT2D eigenvalue weighted by molar-refractivity contribution is 0.0932. The summed E-state index contributed by atoms with van der Waals surface area (Å²) in [5.41, 5.74) is 3.49. The van der Waals surface area contributed by atoms with Gasteiger partial charge in [0.1, 0.15) is 0 Å². The number of amides is 1. The normalized spacial score (nSPS) is 17.2. The van der Waals surface area contributed by atoms with Crippen LogP contribution in [-0.2, 0) is 6.42 Å². The van der Waals surface area contributed by atoms with Crippen LogP contribution in [0.15, 0.2) is 48.5 Å². The number of aryl methyl sites for hydroxylation is 1. The van der Waals surface area contributed by atoms with E-state index in [0.717, 1.165) is 29.5 Å². The fourth-order valence-corrected chi connectivity index (χ4v) is 3.96.